The summed E-state index contributed by atoms with van der Waals surface area (Å²) in [6.07, 6.45) is 1.76. The van der Waals surface area contributed by atoms with Gasteiger partial charge in [0.25, 0.3) is 5.91 Å². The van der Waals surface area contributed by atoms with Gasteiger partial charge in [-0.3, -0.25) is 4.79 Å². The van der Waals surface area contributed by atoms with E-state index in [0.29, 0.717) is 24.7 Å². The highest BCUT2D eigenvalue weighted by molar-refractivity contribution is 6.20. The average molecular weight is 300 g/mol. The van der Waals surface area contributed by atoms with Crippen LogP contribution in [0.15, 0.2) is 12.1 Å². The first kappa shape index (κ1) is 14.8. The predicted molar refractivity (Wildman–Crippen MR) is 76.0 cm³/mol. The van der Waals surface area contributed by atoms with E-state index in [4.69, 9.17) is 11.6 Å². The van der Waals surface area contributed by atoms with Crippen LogP contribution < -0.4 is 0 Å². The Kier molecular flexibility index (Phi) is 4.32. The van der Waals surface area contributed by atoms with E-state index in [9.17, 15) is 14.9 Å². The van der Waals surface area contributed by atoms with Gasteiger partial charge >= 0.3 is 5.82 Å². The third-order valence-corrected chi connectivity index (χ3v) is 4.33. The van der Waals surface area contributed by atoms with Crippen molar-refractivity contribution in [2.75, 3.05) is 13.1 Å². The number of likely N-dealkylation sites (tertiary alicyclic amines) is 1. The van der Waals surface area contributed by atoms with Gasteiger partial charge in [0.15, 0.2) is 5.69 Å². The van der Waals surface area contributed by atoms with Crippen LogP contribution in [0.2, 0.25) is 0 Å². The van der Waals surface area contributed by atoms with Gasteiger partial charge in [-0.15, -0.1) is 11.6 Å². The van der Waals surface area contributed by atoms with Crippen LogP contribution in [0.5, 0.6) is 0 Å². The van der Waals surface area contributed by atoms with Crippen molar-refractivity contribution >= 4 is 23.3 Å². The lowest BCUT2D eigenvalue weighted by atomic mass is 9.94. The molecular formula is C13H18ClN3O3. The monoisotopic (exact) mass is 299 g/mol. The molecule has 1 saturated heterocycles. The highest BCUT2D eigenvalue weighted by Gasteiger charge is 2.29. The number of carbonyl (C=O) groups excluding carboxylic acids is 1. The van der Waals surface area contributed by atoms with Crippen LogP contribution in [-0.2, 0) is 7.05 Å². The molecule has 1 amide bonds. The molecule has 1 aliphatic rings. The minimum absolute atomic E-state index is 0.0717. The first-order chi connectivity index (χ1) is 9.41. The van der Waals surface area contributed by atoms with Crippen molar-refractivity contribution in [1.29, 1.82) is 0 Å². The van der Waals surface area contributed by atoms with Crippen LogP contribution in [0.1, 0.15) is 30.3 Å². The first-order valence-electron chi connectivity index (χ1n) is 6.65. The van der Waals surface area contributed by atoms with Crippen LogP contribution in [-0.4, -0.2) is 38.8 Å². The molecule has 1 unspecified atom stereocenters. The Morgan fingerprint density at radius 2 is 2.05 bits per heavy atom. The molecule has 0 N–H and O–H groups in total. The van der Waals surface area contributed by atoms with Gasteiger partial charge in [0, 0.05) is 24.5 Å². The minimum Gasteiger partial charge on any atom is -0.358 e. The van der Waals surface area contributed by atoms with Gasteiger partial charge in [0.2, 0.25) is 0 Å². The number of halogens is 1. The topological polar surface area (TPSA) is 68.4 Å². The maximum Gasteiger partial charge on any atom is 0.323 e. The van der Waals surface area contributed by atoms with Gasteiger partial charge in [0.1, 0.15) is 0 Å². The number of hydrogen-bond donors (Lipinski definition) is 0. The summed E-state index contributed by atoms with van der Waals surface area (Å²) in [5.41, 5.74) is 0.356. The van der Waals surface area contributed by atoms with Gasteiger partial charge in [-0.2, -0.15) is 0 Å². The summed E-state index contributed by atoms with van der Waals surface area (Å²) in [4.78, 5) is 24.4. The van der Waals surface area contributed by atoms with E-state index < -0.39 is 4.92 Å². The van der Waals surface area contributed by atoms with Crippen molar-refractivity contribution in [2.24, 2.45) is 13.0 Å². The lowest BCUT2D eigenvalue weighted by Crippen LogP contribution is -2.40. The molecule has 0 aromatic carbocycles. The SMILES string of the molecule is CC(Cl)C1CCN(C(=O)c2ccc([N+](=O)[O-])n2C)CC1. The fourth-order valence-corrected chi connectivity index (χ4v) is 2.87. The van der Waals surface area contributed by atoms with Crippen molar-refractivity contribution < 1.29 is 9.72 Å². The molecule has 0 radical (unpaired) electrons. The fraction of sp³-hybridized carbons (Fsp3) is 0.615. The van der Waals surface area contributed by atoms with E-state index in [0.717, 1.165) is 12.8 Å². The molecular weight excluding hydrogens is 282 g/mol. The highest BCUT2D eigenvalue weighted by atomic mass is 35.5. The summed E-state index contributed by atoms with van der Waals surface area (Å²) in [7, 11) is 1.54. The number of alkyl halides is 1. The van der Waals surface area contributed by atoms with Crippen molar-refractivity contribution in [1.82, 2.24) is 9.47 Å². The summed E-state index contributed by atoms with van der Waals surface area (Å²) >= 11 is 6.08. The molecule has 2 rings (SSSR count). The second-order valence-electron chi connectivity index (χ2n) is 5.20. The zero-order valence-electron chi connectivity index (χ0n) is 11.6. The van der Waals surface area contributed by atoms with Gasteiger partial charge in [-0.25, -0.2) is 4.57 Å². The molecule has 20 heavy (non-hydrogen) atoms. The Morgan fingerprint density at radius 1 is 1.45 bits per heavy atom. The lowest BCUT2D eigenvalue weighted by molar-refractivity contribution is -0.391. The molecule has 1 aliphatic heterocycles. The van der Waals surface area contributed by atoms with Crippen LogP contribution >= 0.6 is 11.6 Å². The second kappa shape index (κ2) is 5.83. The van der Waals surface area contributed by atoms with Crippen molar-refractivity contribution in [3.05, 3.63) is 27.9 Å². The zero-order valence-corrected chi connectivity index (χ0v) is 12.3. The highest BCUT2D eigenvalue weighted by Crippen LogP contribution is 2.25. The predicted octanol–water partition coefficient (Wildman–Crippen LogP) is 2.41. The number of aromatic nitrogens is 1. The van der Waals surface area contributed by atoms with Crippen LogP contribution in [0, 0.1) is 16.0 Å². The summed E-state index contributed by atoms with van der Waals surface area (Å²) < 4.78 is 1.33. The quantitative estimate of drug-likeness (QED) is 0.489. The molecule has 0 bridgehead atoms. The summed E-state index contributed by atoms with van der Waals surface area (Å²) in [5, 5.41) is 10.9. The molecule has 1 fully saturated rings. The van der Waals surface area contributed by atoms with Gasteiger partial charge in [-0.05, 0) is 36.7 Å². The van der Waals surface area contributed by atoms with Gasteiger partial charge < -0.3 is 15.0 Å². The van der Waals surface area contributed by atoms with Crippen LogP contribution in [0.25, 0.3) is 0 Å². The number of nitrogens with zero attached hydrogens (tertiary/aromatic N) is 3. The maximum atomic E-state index is 12.4. The maximum absolute atomic E-state index is 12.4. The Hall–Kier alpha value is -1.56. The Morgan fingerprint density at radius 3 is 2.50 bits per heavy atom. The van der Waals surface area contributed by atoms with E-state index in [2.05, 4.69) is 0 Å². The second-order valence-corrected chi connectivity index (χ2v) is 5.89. The van der Waals surface area contributed by atoms with Gasteiger partial charge in [-0.1, -0.05) is 0 Å². The average Bonchev–Trinajstić information content (AvgIpc) is 2.80. The summed E-state index contributed by atoms with van der Waals surface area (Å²) in [5.74, 6) is 0.211. The standard InChI is InChI=1S/C13H18ClN3O3/c1-9(14)10-5-7-16(8-6-10)13(18)11-3-4-12(15(11)2)17(19)20/h3-4,9-10H,5-8H2,1-2H3. The number of nitro groups is 1. The van der Waals surface area contributed by atoms with Crippen LogP contribution in [0.4, 0.5) is 5.82 Å². The third kappa shape index (κ3) is 2.80. The van der Waals surface area contributed by atoms with E-state index in [-0.39, 0.29) is 17.1 Å². The smallest absolute Gasteiger partial charge is 0.323 e. The Balaban J connectivity index is 2.08. The summed E-state index contributed by atoms with van der Waals surface area (Å²) in [6, 6.07) is 2.87. The zero-order chi connectivity index (χ0) is 14.9. The van der Waals surface area contributed by atoms with Crippen molar-refractivity contribution in [3.8, 4) is 0 Å². The van der Waals surface area contributed by atoms with E-state index in [1.807, 2.05) is 6.92 Å². The molecule has 1 atom stereocenters. The molecule has 1 aromatic rings. The molecule has 0 spiro atoms. The van der Waals surface area contributed by atoms with E-state index >= 15 is 0 Å². The first-order valence-corrected chi connectivity index (χ1v) is 7.09. The summed E-state index contributed by atoms with van der Waals surface area (Å²) in [6.45, 7) is 3.28. The Labute approximate surface area is 122 Å². The van der Waals surface area contributed by atoms with Crippen molar-refractivity contribution in [3.63, 3.8) is 0 Å². The number of rotatable bonds is 3. The number of piperidine rings is 1. The number of carbonyl (C=O) groups is 1. The molecule has 1 aromatic heterocycles. The fourth-order valence-electron chi connectivity index (χ4n) is 2.62. The molecule has 0 aliphatic carbocycles. The normalized spacial score (nSPS) is 18.1. The number of amides is 1. The molecule has 6 nitrogen and oxygen atoms in total. The molecule has 110 valence electrons. The Bertz CT molecular complexity index is 519. The van der Waals surface area contributed by atoms with E-state index in [1.165, 1.54) is 16.7 Å². The molecule has 0 saturated carbocycles. The van der Waals surface area contributed by atoms with E-state index in [1.54, 1.807) is 11.9 Å². The minimum atomic E-state index is -0.488. The van der Waals surface area contributed by atoms with Crippen LogP contribution in [0.3, 0.4) is 0 Å². The lowest BCUT2D eigenvalue weighted by Gasteiger charge is -2.32. The van der Waals surface area contributed by atoms with Gasteiger partial charge in [0.05, 0.1) is 7.05 Å². The van der Waals surface area contributed by atoms with Crippen molar-refractivity contribution in [2.45, 2.75) is 25.1 Å². The largest absolute Gasteiger partial charge is 0.358 e. The molecule has 2 heterocycles. The molecule has 7 heteroatoms. The third-order valence-electron chi connectivity index (χ3n) is 3.98. The number of hydrogen-bond acceptors (Lipinski definition) is 3.